The SMILES string of the molecule is COC(=O)[C@H](CC(C)C)NC(=O)C[C@@]1(O)C[C@H](NC(=O)c2cc3cc(Cl)ccc3[nH]2)Cc2ccccc21. The number of aromatic nitrogens is 1. The lowest BCUT2D eigenvalue weighted by Crippen LogP contribution is -2.49. The van der Waals surface area contributed by atoms with Crippen LogP contribution in [0.3, 0.4) is 0 Å². The van der Waals surface area contributed by atoms with Crippen LogP contribution in [-0.2, 0) is 26.3 Å². The summed E-state index contributed by atoms with van der Waals surface area (Å²) in [6.07, 6.45) is 0.813. The average molecular weight is 526 g/mol. The summed E-state index contributed by atoms with van der Waals surface area (Å²) in [6.45, 7) is 3.89. The number of rotatable bonds is 8. The highest BCUT2D eigenvalue weighted by molar-refractivity contribution is 6.31. The first kappa shape index (κ1) is 26.7. The number of amides is 2. The van der Waals surface area contributed by atoms with E-state index in [0.29, 0.717) is 29.1 Å². The van der Waals surface area contributed by atoms with E-state index < -0.39 is 29.6 Å². The van der Waals surface area contributed by atoms with E-state index in [0.717, 1.165) is 16.5 Å². The molecule has 0 spiro atoms. The number of esters is 1. The number of carbonyl (C=O) groups excluding carboxylic acids is 3. The molecule has 3 atom stereocenters. The maximum absolute atomic E-state index is 13.1. The Hall–Kier alpha value is -3.36. The molecule has 0 saturated carbocycles. The molecule has 0 radical (unpaired) electrons. The molecule has 1 heterocycles. The number of aliphatic hydroxyl groups is 1. The number of ether oxygens (including phenoxy) is 1. The fourth-order valence-corrected chi connectivity index (χ4v) is 5.29. The number of H-pyrrole nitrogens is 1. The number of methoxy groups -OCH3 is 1. The highest BCUT2D eigenvalue weighted by Gasteiger charge is 2.41. The third-order valence-electron chi connectivity index (χ3n) is 6.71. The number of carbonyl (C=O) groups is 3. The van der Waals surface area contributed by atoms with E-state index >= 15 is 0 Å². The molecule has 0 unspecified atom stereocenters. The highest BCUT2D eigenvalue weighted by atomic mass is 35.5. The van der Waals surface area contributed by atoms with Crippen molar-refractivity contribution in [2.24, 2.45) is 5.92 Å². The molecule has 4 N–H and O–H groups in total. The Labute approximate surface area is 220 Å². The van der Waals surface area contributed by atoms with Gasteiger partial charge in [0, 0.05) is 28.4 Å². The van der Waals surface area contributed by atoms with Crippen molar-refractivity contribution in [3.8, 4) is 0 Å². The van der Waals surface area contributed by atoms with E-state index in [1.807, 2.05) is 38.1 Å². The Morgan fingerprint density at radius 1 is 1.19 bits per heavy atom. The van der Waals surface area contributed by atoms with Crippen molar-refractivity contribution in [3.05, 3.63) is 70.4 Å². The van der Waals surface area contributed by atoms with Crippen LogP contribution < -0.4 is 10.6 Å². The normalized spacial score (nSPS) is 19.8. The van der Waals surface area contributed by atoms with Gasteiger partial charge in [0.1, 0.15) is 17.3 Å². The molecule has 196 valence electrons. The van der Waals surface area contributed by atoms with Gasteiger partial charge in [-0.15, -0.1) is 0 Å². The van der Waals surface area contributed by atoms with Gasteiger partial charge in [-0.3, -0.25) is 9.59 Å². The zero-order valence-electron chi connectivity index (χ0n) is 21.1. The topological polar surface area (TPSA) is 121 Å². The molecule has 1 aliphatic carbocycles. The molecule has 0 saturated heterocycles. The minimum Gasteiger partial charge on any atom is -0.467 e. The summed E-state index contributed by atoms with van der Waals surface area (Å²) in [7, 11) is 1.28. The van der Waals surface area contributed by atoms with E-state index in [2.05, 4.69) is 15.6 Å². The Kier molecular flexibility index (Phi) is 7.90. The van der Waals surface area contributed by atoms with Crippen molar-refractivity contribution in [1.29, 1.82) is 0 Å². The third-order valence-corrected chi connectivity index (χ3v) is 6.95. The maximum Gasteiger partial charge on any atom is 0.328 e. The van der Waals surface area contributed by atoms with Crippen molar-refractivity contribution < 1.29 is 24.2 Å². The van der Waals surface area contributed by atoms with E-state index in [4.69, 9.17) is 16.3 Å². The molecule has 9 heteroatoms. The van der Waals surface area contributed by atoms with Crippen LogP contribution in [0.2, 0.25) is 5.02 Å². The second-order valence-electron chi connectivity index (χ2n) is 10.1. The van der Waals surface area contributed by atoms with Gasteiger partial charge in [0.2, 0.25) is 5.91 Å². The molecule has 1 aliphatic rings. The fourth-order valence-electron chi connectivity index (χ4n) is 5.10. The van der Waals surface area contributed by atoms with Gasteiger partial charge in [-0.25, -0.2) is 4.79 Å². The van der Waals surface area contributed by atoms with Crippen LogP contribution in [0.5, 0.6) is 0 Å². The van der Waals surface area contributed by atoms with E-state index in [9.17, 15) is 19.5 Å². The molecule has 4 rings (SSSR count). The first-order valence-corrected chi connectivity index (χ1v) is 12.7. The van der Waals surface area contributed by atoms with Gasteiger partial charge in [0.05, 0.1) is 13.5 Å². The van der Waals surface area contributed by atoms with Crippen molar-refractivity contribution in [1.82, 2.24) is 15.6 Å². The smallest absolute Gasteiger partial charge is 0.328 e. The molecule has 0 aliphatic heterocycles. The molecule has 2 aromatic carbocycles. The van der Waals surface area contributed by atoms with Crippen LogP contribution in [0, 0.1) is 5.92 Å². The Morgan fingerprint density at radius 2 is 1.95 bits per heavy atom. The van der Waals surface area contributed by atoms with Crippen LogP contribution in [0.25, 0.3) is 10.9 Å². The van der Waals surface area contributed by atoms with Gasteiger partial charge in [-0.2, -0.15) is 0 Å². The molecule has 8 nitrogen and oxygen atoms in total. The molecule has 1 aromatic heterocycles. The van der Waals surface area contributed by atoms with Gasteiger partial charge in [-0.1, -0.05) is 49.7 Å². The summed E-state index contributed by atoms with van der Waals surface area (Å²) in [6, 6.07) is 13.2. The van der Waals surface area contributed by atoms with Crippen LogP contribution >= 0.6 is 11.6 Å². The largest absolute Gasteiger partial charge is 0.467 e. The van der Waals surface area contributed by atoms with E-state index in [1.54, 1.807) is 24.3 Å². The quantitative estimate of drug-likeness (QED) is 0.333. The molecule has 0 fully saturated rings. The summed E-state index contributed by atoms with van der Waals surface area (Å²) in [5.74, 6) is -1.15. The van der Waals surface area contributed by atoms with Gasteiger partial charge >= 0.3 is 5.97 Å². The fraction of sp³-hybridized carbons (Fsp3) is 0.393. The predicted octanol–water partition coefficient (Wildman–Crippen LogP) is 3.85. The van der Waals surface area contributed by atoms with Gasteiger partial charge < -0.3 is 25.5 Å². The van der Waals surface area contributed by atoms with Gasteiger partial charge in [0.25, 0.3) is 5.91 Å². The molecular weight excluding hydrogens is 494 g/mol. The zero-order chi connectivity index (χ0) is 26.7. The second-order valence-corrected chi connectivity index (χ2v) is 10.6. The van der Waals surface area contributed by atoms with E-state index in [1.165, 1.54) is 7.11 Å². The summed E-state index contributed by atoms with van der Waals surface area (Å²) >= 11 is 6.06. The number of nitrogens with one attached hydrogen (secondary N) is 3. The van der Waals surface area contributed by atoms with Crippen LogP contribution in [0.4, 0.5) is 0 Å². The second kappa shape index (κ2) is 10.9. The lowest BCUT2D eigenvalue weighted by atomic mass is 9.74. The summed E-state index contributed by atoms with van der Waals surface area (Å²) in [4.78, 5) is 41.4. The van der Waals surface area contributed by atoms with Crippen molar-refractivity contribution >= 4 is 40.3 Å². The summed E-state index contributed by atoms with van der Waals surface area (Å²) in [5, 5.41) is 18.9. The number of fused-ring (bicyclic) bond motifs is 2. The number of hydrogen-bond donors (Lipinski definition) is 4. The summed E-state index contributed by atoms with van der Waals surface area (Å²) in [5.41, 5.74) is 1.15. The standard InChI is InChI=1S/C28H32ClN3O5/c1-16(2)10-24(27(35)37-3)32-25(33)15-28(36)14-20(12-17-6-4-5-7-21(17)28)30-26(34)23-13-18-11-19(29)8-9-22(18)31-23/h4-9,11,13,16,20,24,31,36H,10,12,14-15H2,1-3H3,(H,30,34)(H,32,33)/t20-,24+,28+/m1/s1. The highest BCUT2D eigenvalue weighted by Crippen LogP contribution is 2.38. The first-order valence-electron chi connectivity index (χ1n) is 12.3. The predicted molar refractivity (Wildman–Crippen MR) is 141 cm³/mol. The molecule has 2 amide bonds. The lowest BCUT2D eigenvalue weighted by Gasteiger charge is -2.39. The molecular formula is C28H32ClN3O5. The van der Waals surface area contributed by atoms with Crippen molar-refractivity contribution in [3.63, 3.8) is 0 Å². The van der Waals surface area contributed by atoms with Gasteiger partial charge in [0.15, 0.2) is 0 Å². The zero-order valence-corrected chi connectivity index (χ0v) is 21.9. The van der Waals surface area contributed by atoms with Gasteiger partial charge in [-0.05, 0) is 54.2 Å². The van der Waals surface area contributed by atoms with Crippen molar-refractivity contribution in [2.45, 2.75) is 57.2 Å². The Balaban J connectivity index is 1.52. The molecule has 37 heavy (non-hydrogen) atoms. The third kappa shape index (κ3) is 6.14. The maximum atomic E-state index is 13.1. The Morgan fingerprint density at radius 3 is 2.68 bits per heavy atom. The molecule has 0 bridgehead atoms. The summed E-state index contributed by atoms with van der Waals surface area (Å²) < 4.78 is 4.84. The number of benzene rings is 2. The number of aromatic amines is 1. The monoisotopic (exact) mass is 525 g/mol. The van der Waals surface area contributed by atoms with E-state index in [-0.39, 0.29) is 24.7 Å². The first-order chi connectivity index (χ1) is 17.6. The average Bonchev–Trinajstić information content (AvgIpc) is 3.26. The Bertz CT molecular complexity index is 1320. The van der Waals surface area contributed by atoms with Crippen LogP contribution in [0.1, 0.15) is 54.7 Å². The van der Waals surface area contributed by atoms with Crippen molar-refractivity contribution in [2.75, 3.05) is 7.11 Å². The van der Waals surface area contributed by atoms with Crippen LogP contribution in [0.15, 0.2) is 48.5 Å². The number of hydrogen-bond acceptors (Lipinski definition) is 5. The van der Waals surface area contributed by atoms with Crippen LogP contribution in [-0.4, -0.2) is 47.1 Å². The minimum absolute atomic E-state index is 0.141. The molecule has 3 aromatic rings. The number of halogens is 1. The minimum atomic E-state index is -1.52. The lowest BCUT2D eigenvalue weighted by molar-refractivity contribution is -0.146.